The number of fused-ring (bicyclic) bond motifs is 1. The maximum atomic E-state index is 13.0. The van der Waals surface area contributed by atoms with Gasteiger partial charge in [0.05, 0.1) is 33.8 Å². The Morgan fingerprint density at radius 1 is 0.525 bits per heavy atom. The van der Waals surface area contributed by atoms with E-state index in [1.807, 2.05) is 102 Å². The van der Waals surface area contributed by atoms with E-state index in [4.69, 9.17) is 11.5 Å². The lowest BCUT2D eigenvalue weighted by atomic mass is 10.00. The molecule has 7 heterocycles. The van der Waals surface area contributed by atoms with E-state index >= 15 is 0 Å². The van der Waals surface area contributed by atoms with Crippen LogP contribution in [0.15, 0.2) is 88.8 Å². The van der Waals surface area contributed by atoms with Crippen LogP contribution in [-0.4, -0.2) is 135 Å². The van der Waals surface area contributed by atoms with Crippen LogP contribution in [0.2, 0.25) is 0 Å². The molecule has 0 bridgehead atoms. The largest absolute Gasteiger partial charge is 0.507 e. The van der Waals surface area contributed by atoms with Gasteiger partial charge in [0, 0.05) is 145 Å². The summed E-state index contributed by atoms with van der Waals surface area (Å²) in [6.07, 6.45) is -6.88. The standard InChI is InChI=1S/C23H23F3N4O2.C23H27F3N4O2.C22H25F3N4O2.2C2H6/c1-12-7-15(23(24,25)26)9-19(31)21(12)18-6-5-17-13(2)30(28-22(17)27-18)11-14-8-20(32)29(10-14)16-3-4-16;1-13-7-16(23(24,25)26)9-18(31)20(13)17-6-5-15(21(27)29-17)11-28-10-14-8-19(32)30(12-14)22(2,3)4;1-21(2,3)29-12-13(8-19(29)31)10-27-11-14-4-7-17(28-20(14)26)16-6-5-15(9-18(16)30)22(23,24)25;2*1-2/h5-7,9,14,16,31H,3-4,8,10-11H2,1-2H3;5-7,9,11,14,31H,8,10,12H2,1-4H3,(H2,27,29);4-7,9,11,13,30H,8,10,12H2,1-3H3,(H2,26,28);2*1-2H3. The third-order valence-electron chi connectivity index (χ3n) is 17.1. The van der Waals surface area contributed by atoms with Gasteiger partial charge < -0.3 is 41.5 Å². The summed E-state index contributed by atoms with van der Waals surface area (Å²) in [5.74, 6) is -0.342. The van der Waals surface area contributed by atoms with E-state index in [0.29, 0.717) is 92.6 Å². The Hall–Kier alpha value is -9.30. The van der Waals surface area contributed by atoms with Crippen LogP contribution in [0.5, 0.6) is 17.2 Å². The third kappa shape index (κ3) is 18.9. The van der Waals surface area contributed by atoms with Crippen molar-refractivity contribution in [3.63, 3.8) is 0 Å². The summed E-state index contributed by atoms with van der Waals surface area (Å²) in [4.78, 5) is 64.1. The number of likely N-dealkylation sites (tertiary alicyclic amines) is 3. The van der Waals surface area contributed by atoms with E-state index < -0.39 is 52.5 Å². The Morgan fingerprint density at radius 3 is 1.36 bits per heavy atom. The number of rotatable bonds is 12. The van der Waals surface area contributed by atoms with Crippen LogP contribution in [0.4, 0.5) is 51.1 Å². The number of nitrogen functional groups attached to an aromatic ring is 2. The summed E-state index contributed by atoms with van der Waals surface area (Å²) >= 11 is 0. The molecule has 7 aromatic rings. The highest BCUT2D eigenvalue weighted by atomic mass is 19.4. The number of phenols is 3. The summed E-state index contributed by atoms with van der Waals surface area (Å²) in [5.41, 5.74) is 13.3. The molecule has 3 amide bonds. The molecule has 0 radical (unpaired) electrons. The molecule has 1 saturated carbocycles. The number of aromatic hydroxyl groups is 3. The first-order chi connectivity index (χ1) is 46.2. The van der Waals surface area contributed by atoms with Crippen molar-refractivity contribution in [3.8, 4) is 51.0 Å². The van der Waals surface area contributed by atoms with E-state index in [1.54, 1.807) is 42.8 Å². The van der Waals surface area contributed by atoms with Crippen LogP contribution < -0.4 is 11.5 Å². The number of phenolic OH excluding ortho intramolecular Hbond substituents is 3. The van der Waals surface area contributed by atoms with Crippen LogP contribution in [0.1, 0.15) is 146 Å². The number of carbonyl (C=O) groups excluding carboxylic acids is 3. The SMILES string of the molecule is CC.CC.CC(C)(C)N1CC(CN=Cc2ccc(-c3ccc(C(F)(F)F)cc3O)nc2N)CC1=O.Cc1cc(C(F)(F)F)cc(O)c1-c1ccc(C=NCC2CC(=O)N(C(C)(C)C)C2)c(N)n1.Cc1cc(C(F)(F)F)cc(O)c1-c1ccc2c(C)n(CC3CC(=O)N(C4CC4)C3)nc2n1. The minimum atomic E-state index is -4.55. The quantitative estimate of drug-likeness (QED) is 0.0566. The zero-order valence-electron chi connectivity index (χ0n) is 57.8. The number of alkyl halides is 9. The monoisotopic (exact) mass is 1390 g/mol. The van der Waals surface area contributed by atoms with Gasteiger partial charge in [-0.25, -0.2) is 15.0 Å². The fourth-order valence-corrected chi connectivity index (χ4v) is 12.0. The van der Waals surface area contributed by atoms with Gasteiger partial charge in [-0.3, -0.25) is 29.1 Å². The number of halogens is 9. The number of anilines is 2. The molecule has 4 aromatic heterocycles. The number of aliphatic imine (C=N–C) groups is 2. The molecular weight excluding hydrogens is 1300 g/mol. The second-order valence-electron chi connectivity index (χ2n) is 26.6. The zero-order valence-corrected chi connectivity index (χ0v) is 57.8. The highest BCUT2D eigenvalue weighted by molar-refractivity contribution is 5.89. The van der Waals surface area contributed by atoms with Crippen LogP contribution in [0.25, 0.3) is 44.8 Å². The number of nitrogens with zero attached hydrogens (tertiary/aromatic N) is 10. The predicted molar refractivity (Wildman–Crippen MR) is 365 cm³/mol. The van der Waals surface area contributed by atoms with Gasteiger partial charge in [-0.2, -0.15) is 44.6 Å². The molecule has 4 aliphatic rings. The molecule has 18 nitrogen and oxygen atoms in total. The van der Waals surface area contributed by atoms with E-state index in [2.05, 4.69) is 30.0 Å². The van der Waals surface area contributed by atoms with Gasteiger partial charge in [0.25, 0.3) is 0 Å². The zero-order chi connectivity index (χ0) is 73.6. The van der Waals surface area contributed by atoms with Crippen molar-refractivity contribution in [1.82, 2.24) is 39.4 Å². The van der Waals surface area contributed by atoms with Crippen molar-refractivity contribution in [2.45, 2.75) is 164 Å². The smallest absolute Gasteiger partial charge is 0.416 e. The Balaban J connectivity index is 0.000000204. The highest BCUT2D eigenvalue weighted by Gasteiger charge is 2.41. The number of hydrogen-bond acceptors (Lipinski definition) is 14. The van der Waals surface area contributed by atoms with Crippen molar-refractivity contribution >= 4 is 52.8 Å². The number of hydrogen-bond donors (Lipinski definition) is 5. The maximum Gasteiger partial charge on any atom is 0.416 e. The molecule has 11 rings (SSSR count). The molecule has 27 heteroatoms. The number of carbonyl (C=O) groups is 3. The highest BCUT2D eigenvalue weighted by Crippen LogP contribution is 2.42. The molecule has 99 heavy (non-hydrogen) atoms. The van der Waals surface area contributed by atoms with E-state index in [9.17, 15) is 69.2 Å². The van der Waals surface area contributed by atoms with Gasteiger partial charge >= 0.3 is 18.5 Å². The lowest BCUT2D eigenvalue weighted by molar-refractivity contribution is -0.138. The minimum Gasteiger partial charge on any atom is -0.507 e. The normalized spacial score (nSPS) is 17.6. The summed E-state index contributed by atoms with van der Waals surface area (Å²) in [7, 11) is 0. The first-order valence-corrected chi connectivity index (χ1v) is 32.7. The lowest BCUT2D eigenvalue weighted by Gasteiger charge is -2.32. The van der Waals surface area contributed by atoms with Gasteiger partial charge in [0.15, 0.2) is 5.65 Å². The van der Waals surface area contributed by atoms with E-state index in [0.717, 1.165) is 60.8 Å². The Bertz CT molecular complexity index is 4080. The maximum absolute atomic E-state index is 13.0. The van der Waals surface area contributed by atoms with Crippen molar-refractivity contribution in [2.24, 2.45) is 27.7 Å². The molecule has 3 aromatic carbocycles. The van der Waals surface area contributed by atoms with Crippen LogP contribution in [0, 0.1) is 38.5 Å². The number of amides is 3. The van der Waals surface area contributed by atoms with Gasteiger partial charge in [0.1, 0.15) is 28.9 Å². The van der Waals surface area contributed by atoms with Crippen molar-refractivity contribution in [3.05, 3.63) is 124 Å². The van der Waals surface area contributed by atoms with Gasteiger partial charge in [-0.15, -0.1) is 0 Å². The fourth-order valence-electron chi connectivity index (χ4n) is 12.0. The summed E-state index contributed by atoms with van der Waals surface area (Å²) in [6, 6.07) is 16.4. The molecular formula is C72H87F9N12O6. The lowest BCUT2D eigenvalue weighted by Crippen LogP contribution is -2.42. The molecule has 4 fully saturated rings. The van der Waals surface area contributed by atoms with Crippen molar-refractivity contribution < 1.29 is 69.2 Å². The van der Waals surface area contributed by atoms with Crippen LogP contribution in [-0.2, 0) is 39.5 Å². The molecule has 0 spiro atoms. The van der Waals surface area contributed by atoms with Gasteiger partial charge in [0.2, 0.25) is 17.7 Å². The topological polar surface area (TPSA) is 255 Å². The molecule has 3 aliphatic heterocycles. The number of pyridine rings is 3. The molecule has 3 saturated heterocycles. The third-order valence-corrected chi connectivity index (χ3v) is 17.1. The van der Waals surface area contributed by atoms with Gasteiger partial charge in [-0.1, -0.05) is 27.7 Å². The van der Waals surface area contributed by atoms with E-state index in [-0.39, 0.29) is 97.4 Å². The summed E-state index contributed by atoms with van der Waals surface area (Å²) < 4.78 is 118. The molecule has 3 unspecified atom stereocenters. The first kappa shape index (κ1) is 77.1. The van der Waals surface area contributed by atoms with Crippen LogP contribution in [0.3, 0.4) is 0 Å². The molecule has 534 valence electrons. The number of aromatic nitrogens is 5. The van der Waals surface area contributed by atoms with E-state index in [1.165, 1.54) is 13.8 Å². The average molecular weight is 1390 g/mol. The van der Waals surface area contributed by atoms with Crippen molar-refractivity contribution in [1.29, 1.82) is 0 Å². The van der Waals surface area contributed by atoms with Gasteiger partial charge in [-0.05, 0) is 165 Å². The predicted octanol–water partition coefficient (Wildman–Crippen LogP) is 15.1. The second-order valence-corrected chi connectivity index (χ2v) is 26.6. The average Bonchev–Trinajstić information content (AvgIpc) is 1.76. The fraction of sp³-hybridized carbons (Fsp3) is 0.458. The van der Waals surface area contributed by atoms with Crippen molar-refractivity contribution in [2.75, 3.05) is 44.2 Å². The Labute approximate surface area is 570 Å². The first-order valence-electron chi connectivity index (χ1n) is 32.7. The molecule has 3 atom stereocenters. The Kier molecular flexibility index (Phi) is 24.0. The number of benzene rings is 3. The summed E-state index contributed by atoms with van der Waals surface area (Å²) in [6.45, 7) is 28.5. The number of aryl methyl sites for hydroxylation is 3. The minimum absolute atomic E-state index is 0.120. The Morgan fingerprint density at radius 2 is 0.949 bits per heavy atom. The second kappa shape index (κ2) is 30.9. The molecule has 1 aliphatic carbocycles. The molecule has 7 N–H and O–H groups in total. The number of nitrogens with two attached hydrogens (primary N) is 2. The summed E-state index contributed by atoms with van der Waals surface area (Å²) in [5, 5.41) is 35.9. The van der Waals surface area contributed by atoms with Crippen LogP contribution >= 0.6 is 0 Å².